The fourth-order valence-corrected chi connectivity index (χ4v) is 1.63. The van der Waals surface area contributed by atoms with Crippen LogP contribution >= 0.6 is 31.9 Å². The van der Waals surface area contributed by atoms with Gasteiger partial charge in [-0.05, 0) is 37.9 Å². The molecule has 70 valence electrons. The Labute approximate surface area is 93.5 Å². The number of halogens is 2. The van der Waals surface area contributed by atoms with E-state index >= 15 is 0 Å². The molecule has 0 aromatic heterocycles. The maximum Gasteiger partial charge on any atom is 0.302 e. The van der Waals surface area contributed by atoms with Crippen molar-refractivity contribution in [3.05, 3.63) is 32.7 Å². The average Bonchev–Trinajstić information content (AvgIpc) is 2.07. The lowest BCUT2D eigenvalue weighted by Gasteiger charge is -2.05. The number of esters is 1. The van der Waals surface area contributed by atoms with Crippen molar-refractivity contribution < 1.29 is 9.53 Å². The summed E-state index contributed by atoms with van der Waals surface area (Å²) in [6, 6.07) is 5.72. The van der Waals surface area contributed by atoms with E-state index in [4.69, 9.17) is 4.74 Å². The number of hydrogen-bond acceptors (Lipinski definition) is 2. The van der Waals surface area contributed by atoms with Gasteiger partial charge in [0.05, 0.1) is 0 Å². The fourth-order valence-electron chi connectivity index (χ4n) is 0.839. The van der Waals surface area contributed by atoms with E-state index in [0.29, 0.717) is 6.61 Å². The highest BCUT2D eigenvalue weighted by Gasteiger charge is 2.04. The van der Waals surface area contributed by atoms with E-state index in [1.165, 1.54) is 6.92 Å². The van der Waals surface area contributed by atoms with Crippen LogP contribution in [0.1, 0.15) is 12.5 Å². The molecule has 0 atom stereocenters. The molecule has 2 nitrogen and oxygen atoms in total. The quantitative estimate of drug-likeness (QED) is 0.784. The summed E-state index contributed by atoms with van der Waals surface area (Å²) in [6.45, 7) is 1.70. The van der Waals surface area contributed by atoms with Crippen molar-refractivity contribution in [2.75, 3.05) is 0 Å². The monoisotopic (exact) mass is 306 g/mol. The van der Waals surface area contributed by atoms with Gasteiger partial charge in [0.2, 0.25) is 0 Å². The Hall–Kier alpha value is -0.350. The second kappa shape index (κ2) is 4.77. The summed E-state index contributed by atoms with van der Waals surface area (Å²) < 4.78 is 6.76. The molecule has 1 aromatic carbocycles. The molecule has 0 amide bonds. The van der Waals surface area contributed by atoms with Crippen molar-refractivity contribution in [3.8, 4) is 0 Å². The molecule has 0 aliphatic heterocycles. The van der Waals surface area contributed by atoms with Gasteiger partial charge in [-0.3, -0.25) is 4.79 Å². The highest BCUT2D eigenvalue weighted by atomic mass is 79.9. The van der Waals surface area contributed by atoms with Gasteiger partial charge in [-0.15, -0.1) is 0 Å². The molecule has 0 aliphatic rings. The lowest BCUT2D eigenvalue weighted by atomic mass is 10.2. The molecule has 0 fully saturated rings. The maximum absolute atomic E-state index is 10.6. The molecule has 0 N–H and O–H groups in total. The summed E-state index contributed by atoms with van der Waals surface area (Å²) in [4.78, 5) is 10.6. The van der Waals surface area contributed by atoms with Gasteiger partial charge in [0.25, 0.3) is 0 Å². The summed E-state index contributed by atoms with van der Waals surface area (Å²) in [7, 11) is 0. The Kier molecular flexibility index (Phi) is 3.93. The highest BCUT2D eigenvalue weighted by molar-refractivity contribution is 9.13. The number of benzene rings is 1. The molecular weight excluding hydrogens is 300 g/mol. The van der Waals surface area contributed by atoms with Crippen LogP contribution in [0.25, 0.3) is 0 Å². The molecule has 4 heteroatoms. The van der Waals surface area contributed by atoms with Crippen LogP contribution in [-0.4, -0.2) is 5.97 Å². The third-order valence-corrected chi connectivity index (χ3v) is 3.59. The molecule has 0 radical (unpaired) electrons. The summed E-state index contributed by atoms with van der Waals surface area (Å²) >= 11 is 6.76. The Balaban J connectivity index is 2.77. The van der Waals surface area contributed by atoms with Gasteiger partial charge < -0.3 is 4.74 Å². The second-order valence-corrected chi connectivity index (χ2v) is 4.14. The molecule has 1 rings (SSSR count). The summed E-state index contributed by atoms with van der Waals surface area (Å²) in [5.74, 6) is -0.271. The van der Waals surface area contributed by atoms with E-state index in [0.717, 1.165) is 14.5 Å². The Morgan fingerprint density at radius 2 is 2.15 bits per heavy atom. The summed E-state index contributed by atoms with van der Waals surface area (Å²) in [5.41, 5.74) is 0.949. The Morgan fingerprint density at radius 1 is 1.46 bits per heavy atom. The lowest BCUT2D eigenvalue weighted by molar-refractivity contribution is -0.142. The van der Waals surface area contributed by atoms with Gasteiger partial charge in [-0.2, -0.15) is 0 Å². The minimum atomic E-state index is -0.271. The topological polar surface area (TPSA) is 26.3 Å². The van der Waals surface area contributed by atoms with E-state index in [9.17, 15) is 4.79 Å². The predicted octanol–water partition coefficient (Wildman–Crippen LogP) is 3.27. The summed E-state index contributed by atoms with van der Waals surface area (Å²) in [5, 5.41) is 0. The van der Waals surface area contributed by atoms with Crippen LogP contribution in [0.4, 0.5) is 0 Å². The third-order valence-electron chi connectivity index (χ3n) is 1.46. The van der Waals surface area contributed by atoms with Crippen molar-refractivity contribution in [3.63, 3.8) is 0 Å². The zero-order chi connectivity index (χ0) is 9.84. The fraction of sp³-hybridized carbons (Fsp3) is 0.222. The molecule has 13 heavy (non-hydrogen) atoms. The highest BCUT2D eigenvalue weighted by Crippen LogP contribution is 2.26. The molecule has 0 heterocycles. The van der Waals surface area contributed by atoms with E-state index in [-0.39, 0.29) is 5.97 Å². The largest absolute Gasteiger partial charge is 0.461 e. The first kappa shape index (κ1) is 10.7. The molecule has 0 unspecified atom stereocenters. The van der Waals surface area contributed by atoms with Crippen molar-refractivity contribution >= 4 is 37.8 Å². The minimum absolute atomic E-state index is 0.271. The number of hydrogen-bond donors (Lipinski definition) is 0. The van der Waals surface area contributed by atoms with E-state index < -0.39 is 0 Å². The molecule has 0 saturated heterocycles. The molecule has 0 aliphatic carbocycles. The van der Waals surface area contributed by atoms with E-state index in [1.807, 2.05) is 18.2 Å². The molecule has 0 bridgehead atoms. The van der Waals surface area contributed by atoms with Crippen LogP contribution in [0.2, 0.25) is 0 Å². The smallest absolute Gasteiger partial charge is 0.302 e. The van der Waals surface area contributed by atoms with Crippen LogP contribution in [0.15, 0.2) is 27.1 Å². The first-order valence-electron chi connectivity index (χ1n) is 3.67. The standard InChI is InChI=1S/C9H8Br2O2/c1-6(12)13-5-7-3-2-4-8(10)9(7)11/h2-4H,5H2,1H3. The molecular formula is C9H8Br2O2. The third kappa shape index (κ3) is 3.12. The predicted molar refractivity (Wildman–Crippen MR) is 57.3 cm³/mol. The Bertz CT molecular complexity index is 323. The van der Waals surface area contributed by atoms with Crippen LogP contribution in [0, 0.1) is 0 Å². The van der Waals surface area contributed by atoms with Crippen molar-refractivity contribution in [1.29, 1.82) is 0 Å². The van der Waals surface area contributed by atoms with Gasteiger partial charge >= 0.3 is 5.97 Å². The van der Waals surface area contributed by atoms with Gasteiger partial charge in [0.1, 0.15) is 6.61 Å². The first-order chi connectivity index (χ1) is 6.11. The van der Waals surface area contributed by atoms with Gasteiger partial charge in [0.15, 0.2) is 0 Å². The second-order valence-electron chi connectivity index (χ2n) is 2.49. The van der Waals surface area contributed by atoms with Crippen molar-refractivity contribution in [2.45, 2.75) is 13.5 Å². The minimum Gasteiger partial charge on any atom is -0.461 e. The van der Waals surface area contributed by atoms with E-state index in [1.54, 1.807) is 0 Å². The molecule has 0 spiro atoms. The number of carbonyl (C=O) groups excluding carboxylic acids is 1. The first-order valence-corrected chi connectivity index (χ1v) is 5.26. The van der Waals surface area contributed by atoms with Gasteiger partial charge in [-0.1, -0.05) is 12.1 Å². The number of ether oxygens (including phenoxy) is 1. The van der Waals surface area contributed by atoms with Crippen molar-refractivity contribution in [1.82, 2.24) is 0 Å². The van der Waals surface area contributed by atoms with Gasteiger partial charge in [-0.25, -0.2) is 0 Å². The van der Waals surface area contributed by atoms with Gasteiger partial charge in [0, 0.05) is 21.4 Å². The molecule has 0 saturated carbocycles. The lowest BCUT2D eigenvalue weighted by Crippen LogP contribution is -1.99. The zero-order valence-corrected chi connectivity index (χ0v) is 10.2. The van der Waals surface area contributed by atoms with Crippen LogP contribution in [0.5, 0.6) is 0 Å². The normalized spacial score (nSPS) is 9.77. The number of carbonyl (C=O) groups is 1. The average molecular weight is 308 g/mol. The van der Waals surface area contributed by atoms with Crippen LogP contribution in [0.3, 0.4) is 0 Å². The van der Waals surface area contributed by atoms with Crippen LogP contribution < -0.4 is 0 Å². The van der Waals surface area contributed by atoms with Crippen LogP contribution in [-0.2, 0) is 16.1 Å². The van der Waals surface area contributed by atoms with Crippen molar-refractivity contribution in [2.24, 2.45) is 0 Å². The Morgan fingerprint density at radius 3 is 2.77 bits per heavy atom. The SMILES string of the molecule is CC(=O)OCc1cccc(Br)c1Br. The number of rotatable bonds is 2. The van der Waals surface area contributed by atoms with E-state index in [2.05, 4.69) is 31.9 Å². The summed E-state index contributed by atoms with van der Waals surface area (Å²) in [6.07, 6.45) is 0. The molecule has 1 aromatic rings. The maximum atomic E-state index is 10.6. The zero-order valence-electron chi connectivity index (χ0n) is 7.01.